The summed E-state index contributed by atoms with van der Waals surface area (Å²) < 4.78 is 18.6. The number of amides is 2. The van der Waals surface area contributed by atoms with Crippen LogP contribution in [0.4, 0.5) is 4.39 Å². The predicted molar refractivity (Wildman–Crippen MR) is 116 cm³/mol. The van der Waals surface area contributed by atoms with E-state index in [9.17, 15) is 14.0 Å². The molecule has 2 rings (SSSR count). The topological polar surface area (TPSA) is 70.7 Å². The lowest BCUT2D eigenvalue weighted by Crippen LogP contribution is -2.51. The zero-order valence-corrected chi connectivity index (χ0v) is 19.0. The van der Waals surface area contributed by atoms with Crippen molar-refractivity contribution in [3.05, 3.63) is 34.6 Å². The SMILES string of the molecule is COCC(C)(C)N(C)C(=O)CN[C@H]1CC[C@H](CNC(=O)c2cc(F)cc(Cl)c2)CC1. The molecule has 2 N–H and O–H groups in total. The summed E-state index contributed by atoms with van der Waals surface area (Å²) in [6.45, 7) is 5.29. The number of hydrogen-bond donors (Lipinski definition) is 2. The van der Waals surface area contributed by atoms with E-state index in [0.717, 1.165) is 25.7 Å². The first-order valence-electron chi connectivity index (χ1n) is 10.4. The molecule has 0 aromatic heterocycles. The molecular weight excluding hydrogens is 409 g/mol. The number of benzene rings is 1. The summed E-state index contributed by atoms with van der Waals surface area (Å²) in [6, 6.07) is 4.11. The quantitative estimate of drug-likeness (QED) is 0.617. The Labute approximate surface area is 183 Å². The van der Waals surface area contributed by atoms with Gasteiger partial charge in [0.15, 0.2) is 0 Å². The number of ether oxygens (including phenoxy) is 1. The zero-order chi connectivity index (χ0) is 22.3. The van der Waals surface area contributed by atoms with Gasteiger partial charge in [0.05, 0.1) is 18.7 Å². The number of carbonyl (C=O) groups excluding carboxylic acids is 2. The van der Waals surface area contributed by atoms with Gasteiger partial charge in [-0.3, -0.25) is 9.59 Å². The van der Waals surface area contributed by atoms with Crippen molar-refractivity contribution in [1.82, 2.24) is 15.5 Å². The van der Waals surface area contributed by atoms with Gasteiger partial charge < -0.3 is 20.3 Å². The Morgan fingerprint density at radius 1 is 1.23 bits per heavy atom. The van der Waals surface area contributed by atoms with Gasteiger partial charge in [-0.25, -0.2) is 4.39 Å². The Bertz CT molecular complexity index is 716. The Kier molecular flexibility index (Phi) is 9.07. The van der Waals surface area contributed by atoms with E-state index in [-0.39, 0.29) is 27.9 Å². The zero-order valence-electron chi connectivity index (χ0n) is 18.3. The Morgan fingerprint density at radius 2 is 1.90 bits per heavy atom. The fraction of sp³-hybridized carbons (Fsp3) is 0.636. The summed E-state index contributed by atoms with van der Waals surface area (Å²) in [5.74, 6) is -0.427. The number of methoxy groups -OCH3 is 1. The fourth-order valence-corrected chi connectivity index (χ4v) is 3.95. The van der Waals surface area contributed by atoms with Gasteiger partial charge in [-0.05, 0) is 63.6 Å². The largest absolute Gasteiger partial charge is 0.382 e. The molecule has 0 atom stereocenters. The summed E-state index contributed by atoms with van der Waals surface area (Å²) in [4.78, 5) is 26.4. The number of halogens is 2. The van der Waals surface area contributed by atoms with Gasteiger partial charge in [-0.2, -0.15) is 0 Å². The number of hydrogen-bond acceptors (Lipinski definition) is 4. The normalized spacial score (nSPS) is 19.4. The van der Waals surface area contributed by atoms with Crippen LogP contribution in [0, 0.1) is 11.7 Å². The van der Waals surface area contributed by atoms with E-state index in [4.69, 9.17) is 16.3 Å². The van der Waals surface area contributed by atoms with Crippen molar-refractivity contribution < 1.29 is 18.7 Å². The summed E-state index contributed by atoms with van der Waals surface area (Å²) >= 11 is 5.81. The van der Waals surface area contributed by atoms with Gasteiger partial charge >= 0.3 is 0 Å². The molecule has 0 heterocycles. The van der Waals surface area contributed by atoms with Crippen LogP contribution in [0.25, 0.3) is 0 Å². The van der Waals surface area contributed by atoms with Gasteiger partial charge in [0.1, 0.15) is 5.82 Å². The maximum atomic E-state index is 13.4. The molecule has 1 aliphatic rings. The molecule has 2 amide bonds. The van der Waals surface area contributed by atoms with E-state index in [1.54, 1.807) is 19.1 Å². The summed E-state index contributed by atoms with van der Waals surface area (Å²) in [5, 5.41) is 6.44. The van der Waals surface area contributed by atoms with Crippen molar-refractivity contribution in [1.29, 1.82) is 0 Å². The third kappa shape index (κ3) is 7.22. The summed E-state index contributed by atoms with van der Waals surface area (Å²) in [6.07, 6.45) is 3.82. The first kappa shape index (κ1) is 24.6. The number of nitrogens with one attached hydrogen (secondary N) is 2. The summed E-state index contributed by atoms with van der Waals surface area (Å²) in [7, 11) is 3.43. The highest BCUT2D eigenvalue weighted by Crippen LogP contribution is 2.24. The van der Waals surface area contributed by atoms with Crippen LogP contribution in [0.2, 0.25) is 5.02 Å². The van der Waals surface area contributed by atoms with E-state index in [1.807, 2.05) is 13.8 Å². The van der Waals surface area contributed by atoms with Crippen molar-refractivity contribution in [3.63, 3.8) is 0 Å². The highest BCUT2D eigenvalue weighted by atomic mass is 35.5. The second-order valence-corrected chi connectivity index (χ2v) is 9.10. The molecule has 168 valence electrons. The molecule has 1 aliphatic carbocycles. The van der Waals surface area contributed by atoms with E-state index in [1.165, 1.54) is 18.2 Å². The minimum Gasteiger partial charge on any atom is -0.382 e. The Hall–Kier alpha value is -1.70. The molecule has 1 aromatic carbocycles. The lowest BCUT2D eigenvalue weighted by atomic mass is 9.86. The van der Waals surface area contributed by atoms with E-state index < -0.39 is 5.82 Å². The average molecular weight is 442 g/mol. The van der Waals surface area contributed by atoms with Gasteiger partial charge in [-0.1, -0.05) is 11.6 Å². The van der Waals surface area contributed by atoms with E-state index in [2.05, 4.69) is 10.6 Å². The van der Waals surface area contributed by atoms with Crippen LogP contribution >= 0.6 is 11.6 Å². The standard InChI is InChI=1S/C22H33ClFN3O3/c1-22(2,14-30-4)27(3)20(28)13-25-19-7-5-15(6-8-19)12-26-21(29)16-9-17(23)11-18(24)10-16/h9-11,15,19,25H,5-8,12-14H2,1-4H3,(H,26,29)/t15-,19-. The fourth-order valence-electron chi connectivity index (χ4n) is 3.73. The van der Waals surface area contributed by atoms with Crippen LogP contribution in [0.15, 0.2) is 18.2 Å². The maximum Gasteiger partial charge on any atom is 0.251 e. The van der Waals surface area contributed by atoms with Crippen LogP contribution in [-0.2, 0) is 9.53 Å². The minimum atomic E-state index is -0.523. The molecule has 1 saturated carbocycles. The lowest BCUT2D eigenvalue weighted by Gasteiger charge is -2.36. The smallest absolute Gasteiger partial charge is 0.251 e. The van der Waals surface area contributed by atoms with Gasteiger partial charge in [-0.15, -0.1) is 0 Å². The molecular formula is C22H33ClFN3O3. The van der Waals surface area contributed by atoms with Crippen LogP contribution in [0.1, 0.15) is 49.9 Å². The first-order chi connectivity index (χ1) is 14.1. The Balaban J connectivity index is 1.71. The third-order valence-corrected chi connectivity index (χ3v) is 6.06. The van der Waals surface area contributed by atoms with Crippen molar-refractivity contribution >= 4 is 23.4 Å². The first-order valence-corrected chi connectivity index (χ1v) is 10.7. The highest BCUT2D eigenvalue weighted by molar-refractivity contribution is 6.31. The molecule has 8 heteroatoms. The molecule has 0 unspecified atom stereocenters. The van der Waals surface area contributed by atoms with Gasteiger partial charge in [0.25, 0.3) is 5.91 Å². The van der Waals surface area contributed by atoms with Crippen LogP contribution < -0.4 is 10.6 Å². The molecule has 1 aromatic rings. The second-order valence-electron chi connectivity index (χ2n) is 8.66. The molecule has 0 radical (unpaired) electrons. The number of rotatable bonds is 9. The molecule has 0 aliphatic heterocycles. The molecule has 30 heavy (non-hydrogen) atoms. The predicted octanol–water partition coefficient (Wildman–Crippen LogP) is 3.24. The van der Waals surface area contributed by atoms with Crippen LogP contribution in [-0.4, -0.2) is 62.1 Å². The minimum absolute atomic E-state index is 0.0418. The highest BCUT2D eigenvalue weighted by Gasteiger charge is 2.28. The number of likely N-dealkylation sites (N-methyl/N-ethyl adjacent to an activating group) is 1. The molecule has 0 saturated heterocycles. The molecule has 6 nitrogen and oxygen atoms in total. The van der Waals surface area contributed by atoms with Gasteiger partial charge in [0, 0.05) is 37.3 Å². The Morgan fingerprint density at radius 3 is 2.50 bits per heavy atom. The number of carbonyl (C=O) groups is 2. The monoisotopic (exact) mass is 441 g/mol. The van der Waals surface area contributed by atoms with Crippen molar-refractivity contribution in [2.24, 2.45) is 5.92 Å². The lowest BCUT2D eigenvalue weighted by molar-refractivity contribution is -0.135. The van der Waals surface area contributed by atoms with Gasteiger partial charge in [0.2, 0.25) is 5.91 Å². The van der Waals surface area contributed by atoms with Crippen LogP contribution in [0.5, 0.6) is 0 Å². The third-order valence-electron chi connectivity index (χ3n) is 5.84. The maximum absolute atomic E-state index is 13.4. The second kappa shape index (κ2) is 11.1. The van der Waals surface area contributed by atoms with Crippen molar-refractivity contribution in [3.8, 4) is 0 Å². The van der Waals surface area contributed by atoms with Crippen molar-refractivity contribution in [2.45, 2.75) is 51.1 Å². The molecule has 1 fully saturated rings. The van der Waals surface area contributed by atoms with Crippen LogP contribution in [0.3, 0.4) is 0 Å². The van der Waals surface area contributed by atoms with E-state index in [0.29, 0.717) is 31.7 Å². The number of nitrogens with zero attached hydrogens (tertiary/aromatic N) is 1. The average Bonchev–Trinajstić information content (AvgIpc) is 2.69. The summed E-state index contributed by atoms with van der Waals surface area (Å²) in [5.41, 5.74) is -0.121. The molecule has 0 bridgehead atoms. The van der Waals surface area contributed by atoms with Crippen molar-refractivity contribution in [2.75, 3.05) is 33.9 Å². The molecule has 0 spiro atoms. The van der Waals surface area contributed by atoms with E-state index >= 15 is 0 Å².